The Morgan fingerprint density at radius 2 is 1.88 bits per heavy atom. The van der Waals surface area contributed by atoms with E-state index in [-0.39, 0.29) is 24.5 Å². The highest BCUT2D eigenvalue weighted by molar-refractivity contribution is 7.91. The predicted molar refractivity (Wildman–Crippen MR) is 142 cm³/mol. The quantitative estimate of drug-likeness (QED) is 0.233. The summed E-state index contributed by atoms with van der Waals surface area (Å²) in [5.41, 5.74) is 0.726. The molecule has 2 unspecified atom stereocenters. The molecule has 0 N–H and O–H groups in total. The highest BCUT2D eigenvalue weighted by Crippen LogP contribution is 2.37. The lowest BCUT2D eigenvalue weighted by Gasteiger charge is -2.38. The van der Waals surface area contributed by atoms with Gasteiger partial charge in [-0.1, -0.05) is 47.2 Å². The molecule has 3 atom stereocenters. The number of hydrogen-bond acceptors (Lipinski definition) is 5. The van der Waals surface area contributed by atoms with Crippen LogP contribution in [0.25, 0.3) is 0 Å². The summed E-state index contributed by atoms with van der Waals surface area (Å²) in [5, 5.41) is 0.712. The first-order valence-corrected chi connectivity index (χ1v) is 13.2. The van der Waals surface area contributed by atoms with Gasteiger partial charge in [-0.2, -0.15) is 0 Å². The minimum absolute atomic E-state index is 0.0266. The zero-order chi connectivity index (χ0) is 25.8. The van der Waals surface area contributed by atoms with Gasteiger partial charge in [-0.05, 0) is 59.9 Å². The van der Waals surface area contributed by atoms with Crippen LogP contribution in [0.15, 0.2) is 29.2 Å². The highest BCUT2D eigenvalue weighted by Gasteiger charge is 2.38. The van der Waals surface area contributed by atoms with Crippen LogP contribution in [-0.4, -0.2) is 51.3 Å². The molecule has 1 aliphatic heterocycles. The van der Waals surface area contributed by atoms with Crippen molar-refractivity contribution in [2.45, 2.75) is 65.2 Å². The number of benzene rings is 1. The molecule has 1 aliphatic rings. The first-order chi connectivity index (χ1) is 15.6. The predicted octanol–water partition coefficient (Wildman–Crippen LogP) is 6.70. The van der Waals surface area contributed by atoms with Crippen molar-refractivity contribution >= 4 is 46.4 Å². The average molecular weight is 532 g/mol. The number of nitrogens with zero attached hydrogens (tertiary/aromatic N) is 2. The Hall–Kier alpha value is -1.41. The summed E-state index contributed by atoms with van der Waals surface area (Å²) in [6.07, 6.45) is 1.93. The third-order valence-corrected chi connectivity index (χ3v) is 7.40. The van der Waals surface area contributed by atoms with Crippen molar-refractivity contribution in [3.63, 3.8) is 0 Å². The Kier molecular flexibility index (Phi) is 9.79. The summed E-state index contributed by atoms with van der Waals surface area (Å²) in [5.74, 6) is 0.452. The average Bonchev–Trinajstić information content (AvgIpc) is 2.70. The minimum Gasteiger partial charge on any atom is -0.591 e. The molecule has 1 aromatic carbocycles. The van der Waals surface area contributed by atoms with Gasteiger partial charge in [-0.15, -0.1) is 0 Å². The molecule has 0 aliphatic carbocycles. The van der Waals surface area contributed by atoms with Crippen molar-refractivity contribution in [3.8, 4) is 5.75 Å². The van der Waals surface area contributed by atoms with Crippen LogP contribution in [0.2, 0.25) is 10.0 Å². The van der Waals surface area contributed by atoms with Crippen molar-refractivity contribution in [2.24, 2.45) is 16.2 Å². The topological polar surface area (TPSA) is 74.2 Å². The number of piperidine rings is 1. The van der Waals surface area contributed by atoms with Crippen molar-refractivity contribution in [1.82, 2.24) is 4.90 Å². The second kappa shape index (κ2) is 11.5. The molecule has 9 heteroatoms. The minimum atomic E-state index is -1.51. The molecular formula is C25H36Cl2N2O4S. The zero-order valence-corrected chi connectivity index (χ0v) is 23.4. The van der Waals surface area contributed by atoms with Crippen LogP contribution in [0.1, 0.15) is 60.5 Å². The maximum Gasteiger partial charge on any atom is 0.410 e. The number of ether oxygens (including phenoxy) is 2. The smallest absolute Gasteiger partial charge is 0.410 e. The summed E-state index contributed by atoms with van der Waals surface area (Å²) in [4.78, 5) is 14.3. The van der Waals surface area contributed by atoms with Crippen molar-refractivity contribution < 1.29 is 18.8 Å². The van der Waals surface area contributed by atoms with Crippen molar-refractivity contribution in [1.29, 1.82) is 0 Å². The summed E-state index contributed by atoms with van der Waals surface area (Å²) in [7, 11) is 0. The molecule has 0 saturated carbocycles. The van der Waals surface area contributed by atoms with Crippen LogP contribution >= 0.6 is 23.2 Å². The molecule has 0 aromatic heterocycles. The number of amides is 1. The van der Waals surface area contributed by atoms with E-state index >= 15 is 0 Å². The largest absolute Gasteiger partial charge is 0.591 e. The molecule has 1 aromatic rings. The van der Waals surface area contributed by atoms with E-state index in [1.807, 2.05) is 41.5 Å². The summed E-state index contributed by atoms with van der Waals surface area (Å²) < 4.78 is 28.7. The second-order valence-corrected chi connectivity index (χ2v) is 13.2. The van der Waals surface area contributed by atoms with Gasteiger partial charge in [-0.25, -0.2) is 4.79 Å². The van der Waals surface area contributed by atoms with E-state index in [0.29, 0.717) is 46.6 Å². The lowest BCUT2D eigenvalue weighted by Crippen LogP contribution is -2.47. The molecule has 1 amide bonds. The lowest BCUT2D eigenvalue weighted by atomic mass is 9.80. The number of carbonyl (C=O) groups excluding carboxylic acids is 1. The number of hydrogen-bond donors (Lipinski definition) is 0. The van der Waals surface area contributed by atoms with Gasteiger partial charge < -0.3 is 18.9 Å². The molecule has 1 fully saturated rings. The molecule has 1 heterocycles. The zero-order valence-electron chi connectivity index (χ0n) is 21.1. The van der Waals surface area contributed by atoms with E-state index in [4.69, 9.17) is 37.1 Å². The molecule has 0 spiro atoms. The van der Waals surface area contributed by atoms with Crippen LogP contribution in [-0.2, 0) is 16.1 Å². The summed E-state index contributed by atoms with van der Waals surface area (Å²) in [6.45, 7) is 18.2. The SMILES string of the molecule is C=CCOc1cc(Cl)c(Cl)cc1C(=N[S@@+]([O-])C(C)(C)C)C1CCN(C(=O)OC(C)(C)C)CC1C. The van der Waals surface area contributed by atoms with Gasteiger partial charge in [0.15, 0.2) is 0 Å². The van der Waals surface area contributed by atoms with Crippen LogP contribution in [0, 0.1) is 11.8 Å². The lowest BCUT2D eigenvalue weighted by molar-refractivity contribution is 0.0150. The van der Waals surface area contributed by atoms with Crippen molar-refractivity contribution in [2.75, 3.05) is 19.7 Å². The molecular weight excluding hydrogens is 495 g/mol. The Balaban J connectivity index is 2.48. The van der Waals surface area contributed by atoms with E-state index in [1.165, 1.54) is 0 Å². The van der Waals surface area contributed by atoms with E-state index in [0.717, 1.165) is 0 Å². The molecule has 6 nitrogen and oxygen atoms in total. The molecule has 190 valence electrons. The summed E-state index contributed by atoms with van der Waals surface area (Å²) in [6, 6.07) is 3.37. The fourth-order valence-electron chi connectivity index (χ4n) is 3.58. The molecule has 34 heavy (non-hydrogen) atoms. The Bertz CT molecular complexity index is 925. The number of rotatable bonds is 6. The first-order valence-electron chi connectivity index (χ1n) is 11.4. The third-order valence-electron chi connectivity index (χ3n) is 5.27. The Morgan fingerprint density at radius 3 is 2.41 bits per heavy atom. The van der Waals surface area contributed by atoms with E-state index in [1.54, 1.807) is 23.1 Å². The maximum absolute atomic E-state index is 13.1. The first kappa shape index (κ1) is 28.8. The fraction of sp³-hybridized carbons (Fsp3) is 0.600. The second-order valence-electron chi connectivity index (χ2n) is 10.5. The maximum atomic E-state index is 13.1. The van der Waals surface area contributed by atoms with Crippen LogP contribution in [0.5, 0.6) is 5.75 Å². The van der Waals surface area contributed by atoms with Crippen LogP contribution in [0.3, 0.4) is 0 Å². The Morgan fingerprint density at radius 1 is 1.26 bits per heavy atom. The van der Waals surface area contributed by atoms with Gasteiger partial charge in [0.25, 0.3) is 0 Å². The van der Waals surface area contributed by atoms with Gasteiger partial charge in [0.1, 0.15) is 39.8 Å². The van der Waals surface area contributed by atoms with Gasteiger partial charge in [0.05, 0.1) is 10.0 Å². The van der Waals surface area contributed by atoms with Crippen LogP contribution in [0.4, 0.5) is 4.79 Å². The van der Waals surface area contributed by atoms with E-state index < -0.39 is 21.7 Å². The Labute approximate surface area is 217 Å². The van der Waals surface area contributed by atoms with E-state index in [9.17, 15) is 9.35 Å². The van der Waals surface area contributed by atoms with Crippen molar-refractivity contribution in [3.05, 3.63) is 40.4 Å². The number of halogens is 2. The molecule has 1 saturated heterocycles. The normalized spacial score (nSPS) is 20.6. The van der Waals surface area contributed by atoms with Gasteiger partial charge >= 0.3 is 6.09 Å². The third kappa shape index (κ3) is 7.80. The van der Waals surface area contributed by atoms with Crippen LogP contribution < -0.4 is 4.74 Å². The van der Waals surface area contributed by atoms with Gasteiger partial charge in [-0.3, -0.25) is 0 Å². The standard InChI is InChI=1S/C25H36Cl2N2O4S/c1-9-12-32-21-14-20(27)19(26)13-18(21)22(28-34(31)25(6,7)8)17-10-11-29(15-16(17)2)23(30)33-24(3,4)5/h9,13-14,16-17H,1,10-12,15H2,2-8H3/t16?,17?,34-/m0/s1. The summed E-state index contributed by atoms with van der Waals surface area (Å²) >= 11 is 11.1. The highest BCUT2D eigenvalue weighted by atomic mass is 35.5. The van der Waals surface area contributed by atoms with E-state index in [2.05, 4.69) is 13.5 Å². The fourth-order valence-corrected chi connectivity index (χ4v) is 4.59. The van der Waals surface area contributed by atoms with Gasteiger partial charge in [0.2, 0.25) is 0 Å². The number of carbonyl (C=O) groups is 1. The molecule has 2 rings (SSSR count). The molecule has 0 radical (unpaired) electrons. The number of likely N-dealkylation sites (tertiary alicyclic amines) is 1. The molecule has 0 bridgehead atoms. The van der Waals surface area contributed by atoms with Gasteiger partial charge in [0, 0.05) is 30.6 Å². The monoisotopic (exact) mass is 530 g/mol.